The molecule has 1 aromatic heterocycles. The molecule has 27 heavy (non-hydrogen) atoms. The van der Waals surface area contributed by atoms with E-state index in [1.807, 2.05) is 6.92 Å². The molecule has 2 unspecified atom stereocenters. The Morgan fingerprint density at radius 3 is 2.56 bits per heavy atom. The second-order valence-electron chi connectivity index (χ2n) is 7.56. The van der Waals surface area contributed by atoms with Crippen molar-refractivity contribution in [2.24, 2.45) is 4.99 Å². The van der Waals surface area contributed by atoms with Gasteiger partial charge in [0.15, 0.2) is 5.96 Å². The number of guanidine groups is 1. The predicted octanol–water partition coefficient (Wildman–Crippen LogP) is 1.94. The molecule has 154 valence electrons. The number of ether oxygens (including phenoxy) is 1. The Morgan fingerprint density at radius 2 is 1.93 bits per heavy atom. The van der Waals surface area contributed by atoms with Crippen molar-refractivity contribution in [2.45, 2.75) is 66.2 Å². The van der Waals surface area contributed by atoms with Crippen LogP contribution in [0.2, 0.25) is 0 Å². The predicted molar refractivity (Wildman–Crippen MR) is 111 cm³/mol. The number of hydrogen-bond acceptors (Lipinski definition) is 4. The van der Waals surface area contributed by atoms with Crippen molar-refractivity contribution in [1.29, 1.82) is 0 Å². The molecule has 2 N–H and O–H groups in total. The molecule has 1 aliphatic rings. The Kier molecular flexibility index (Phi) is 9.07. The molecule has 0 aromatic carbocycles. The number of aromatic nitrogens is 2. The van der Waals surface area contributed by atoms with Crippen molar-refractivity contribution in [2.75, 3.05) is 39.3 Å². The van der Waals surface area contributed by atoms with E-state index < -0.39 is 0 Å². The molecule has 7 nitrogen and oxygen atoms in total. The molecule has 0 amide bonds. The van der Waals surface area contributed by atoms with Gasteiger partial charge in [0.2, 0.25) is 0 Å². The highest BCUT2D eigenvalue weighted by Gasteiger charge is 2.21. The number of nitrogens with zero attached hydrogens (tertiary/aromatic N) is 4. The number of morpholine rings is 1. The van der Waals surface area contributed by atoms with Crippen LogP contribution in [0.25, 0.3) is 0 Å². The lowest BCUT2D eigenvalue weighted by Gasteiger charge is -2.35. The minimum atomic E-state index is 0.336. The molecule has 7 heteroatoms. The van der Waals surface area contributed by atoms with Crippen LogP contribution in [0.5, 0.6) is 0 Å². The number of nitrogens with one attached hydrogen (secondary N) is 2. The summed E-state index contributed by atoms with van der Waals surface area (Å²) in [5.41, 5.74) is 2.29. The lowest BCUT2D eigenvalue weighted by atomic mass is 10.2. The van der Waals surface area contributed by atoms with Crippen LogP contribution in [0.4, 0.5) is 0 Å². The van der Waals surface area contributed by atoms with Gasteiger partial charge in [0.1, 0.15) is 0 Å². The Bertz CT molecular complexity index is 575. The highest BCUT2D eigenvalue weighted by Crippen LogP contribution is 2.10. The molecular weight excluding hydrogens is 340 g/mol. The number of aliphatic imine (C=N–C) groups is 1. The van der Waals surface area contributed by atoms with Crippen molar-refractivity contribution < 1.29 is 4.74 Å². The molecule has 2 heterocycles. The second-order valence-corrected chi connectivity index (χ2v) is 7.56. The number of hydrogen-bond donors (Lipinski definition) is 2. The molecule has 0 bridgehead atoms. The zero-order valence-electron chi connectivity index (χ0n) is 17.8. The fourth-order valence-electron chi connectivity index (χ4n) is 3.63. The van der Waals surface area contributed by atoms with E-state index in [0.29, 0.717) is 12.2 Å². The summed E-state index contributed by atoms with van der Waals surface area (Å²) in [5.74, 6) is 0.912. The summed E-state index contributed by atoms with van der Waals surface area (Å²) in [7, 11) is 0. The molecule has 1 aliphatic heterocycles. The van der Waals surface area contributed by atoms with E-state index in [9.17, 15) is 0 Å². The first-order valence-corrected chi connectivity index (χ1v) is 10.4. The molecule has 2 rings (SSSR count). The zero-order chi connectivity index (χ0) is 19.6. The summed E-state index contributed by atoms with van der Waals surface area (Å²) in [5, 5.41) is 11.3. The van der Waals surface area contributed by atoms with Crippen molar-refractivity contribution in [1.82, 2.24) is 25.3 Å². The topological polar surface area (TPSA) is 66.7 Å². The Labute approximate surface area is 164 Å². The average Bonchev–Trinajstić information content (AvgIpc) is 2.92. The van der Waals surface area contributed by atoms with E-state index in [1.165, 1.54) is 5.69 Å². The maximum Gasteiger partial charge on any atom is 0.191 e. The molecule has 1 saturated heterocycles. The molecule has 0 saturated carbocycles. The van der Waals surface area contributed by atoms with Gasteiger partial charge in [0, 0.05) is 51.5 Å². The van der Waals surface area contributed by atoms with Gasteiger partial charge in [0.05, 0.1) is 17.9 Å². The summed E-state index contributed by atoms with van der Waals surface area (Å²) < 4.78 is 7.86. The van der Waals surface area contributed by atoms with Crippen LogP contribution in [-0.4, -0.2) is 72.1 Å². The molecule has 2 atom stereocenters. The summed E-state index contributed by atoms with van der Waals surface area (Å²) >= 11 is 0. The third-order valence-corrected chi connectivity index (χ3v) is 4.68. The minimum Gasteiger partial charge on any atom is -0.373 e. The summed E-state index contributed by atoms with van der Waals surface area (Å²) in [6, 6.07) is 2.12. The summed E-state index contributed by atoms with van der Waals surface area (Å²) in [6.45, 7) is 17.2. The molecule has 1 fully saturated rings. The van der Waals surface area contributed by atoms with E-state index in [2.05, 4.69) is 59.1 Å². The number of rotatable bonds is 9. The molecule has 0 spiro atoms. The van der Waals surface area contributed by atoms with Gasteiger partial charge in [-0.1, -0.05) is 0 Å². The van der Waals surface area contributed by atoms with E-state index in [-0.39, 0.29) is 0 Å². The van der Waals surface area contributed by atoms with Gasteiger partial charge < -0.3 is 15.4 Å². The maximum atomic E-state index is 5.80. The van der Waals surface area contributed by atoms with Crippen LogP contribution in [0.1, 0.15) is 45.0 Å². The van der Waals surface area contributed by atoms with E-state index >= 15 is 0 Å². The zero-order valence-corrected chi connectivity index (χ0v) is 17.8. The maximum absolute atomic E-state index is 5.80. The fraction of sp³-hybridized carbons (Fsp3) is 0.800. The third-order valence-electron chi connectivity index (χ3n) is 4.68. The second kappa shape index (κ2) is 11.3. The quantitative estimate of drug-likeness (QED) is 0.391. The van der Waals surface area contributed by atoms with Gasteiger partial charge in [-0.15, -0.1) is 0 Å². The van der Waals surface area contributed by atoms with Crippen LogP contribution in [-0.2, 0) is 11.3 Å². The number of aryl methyl sites for hydroxylation is 3. The van der Waals surface area contributed by atoms with E-state index in [0.717, 1.165) is 70.3 Å². The molecule has 0 aliphatic carbocycles. The van der Waals surface area contributed by atoms with E-state index in [1.54, 1.807) is 0 Å². The summed E-state index contributed by atoms with van der Waals surface area (Å²) in [6.07, 6.45) is 2.77. The first-order valence-electron chi connectivity index (χ1n) is 10.4. The Balaban J connectivity index is 1.66. The standard InChI is InChI=1S/C20H38N6O/c1-6-21-20(23-10-8-12-26-17(3)13-16(2)24-26)22-9-7-11-25-14-18(4)27-19(5)15-25/h13,18-19H,6-12,14-15H2,1-5H3,(H2,21,22,23). The van der Waals surface area contributed by atoms with Crippen LogP contribution < -0.4 is 10.6 Å². The lowest BCUT2D eigenvalue weighted by Crippen LogP contribution is -2.46. The third kappa shape index (κ3) is 7.89. The van der Waals surface area contributed by atoms with Crippen LogP contribution in [0.15, 0.2) is 11.1 Å². The highest BCUT2D eigenvalue weighted by molar-refractivity contribution is 5.79. The molecule has 0 radical (unpaired) electrons. The van der Waals surface area contributed by atoms with Gasteiger partial charge >= 0.3 is 0 Å². The summed E-state index contributed by atoms with van der Waals surface area (Å²) in [4.78, 5) is 7.19. The molecule has 1 aromatic rings. The van der Waals surface area contributed by atoms with Crippen LogP contribution in [0, 0.1) is 13.8 Å². The lowest BCUT2D eigenvalue weighted by molar-refractivity contribution is -0.0679. The normalized spacial score (nSPS) is 21.4. The first-order chi connectivity index (χ1) is 13.0. The van der Waals surface area contributed by atoms with Crippen molar-refractivity contribution >= 4 is 5.96 Å². The smallest absolute Gasteiger partial charge is 0.191 e. The van der Waals surface area contributed by atoms with Crippen molar-refractivity contribution in [3.05, 3.63) is 17.5 Å². The van der Waals surface area contributed by atoms with Gasteiger partial charge in [-0.2, -0.15) is 5.10 Å². The fourth-order valence-corrected chi connectivity index (χ4v) is 3.63. The van der Waals surface area contributed by atoms with Gasteiger partial charge in [-0.3, -0.25) is 14.6 Å². The van der Waals surface area contributed by atoms with Gasteiger partial charge in [0.25, 0.3) is 0 Å². The molecular formula is C20H38N6O. The van der Waals surface area contributed by atoms with Crippen molar-refractivity contribution in [3.63, 3.8) is 0 Å². The Hall–Kier alpha value is -1.60. The monoisotopic (exact) mass is 378 g/mol. The largest absolute Gasteiger partial charge is 0.373 e. The minimum absolute atomic E-state index is 0.336. The highest BCUT2D eigenvalue weighted by atomic mass is 16.5. The van der Waals surface area contributed by atoms with Gasteiger partial charge in [-0.25, -0.2) is 0 Å². The first kappa shape index (κ1) is 21.7. The average molecular weight is 379 g/mol. The Morgan fingerprint density at radius 1 is 1.19 bits per heavy atom. The SMILES string of the molecule is CCNC(=NCCCn1nc(C)cc1C)NCCCN1CC(C)OC(C)C1. The van der Waals surface area contributed by atoms with Crippen LogP contribution in [0.3, 0.4) is 0 Å². The van der Waals surface area contributed by atoms with E-state index in [4.69, 9.17) is 9.73 Å². The van der Waals surface area contributed by atoms with Crippen molar-refractivity contribution in [3.8, 4) is 0 Å². The van der Waals surface area contributed by atoms with Gasteiger partial charge in [-0.05, 0) is 53.5 Å². The van der Waals surface area contributed by atoms with Crippen LogP contribution >= 0.6 is 0 Å².